The molecule has 0 aromatic carbocycles. The van der Waals surface area contributed by atoms with E-state index in [4.69, 9.17) is 5.11 Å². The van der Waals surface area contributed by atoms with Crippen molar-refractivity contribution in [1.82, 2.24) is 5.32 Å². The van der Waals surface area contributed by atoms with E-state index in [2.05, 4.69) is 5.32 Å². The molecule has 4 heteroatoms. The molecule has 3 unspecified atom stereocenters. The summed E-state index contributed by atoms with van der Waals surface area (Å²) in [5, 5.41) is 11.6. The number of carbonyl (C=O) groups excluding carboxylic acids is 1. The number of carboxylic acids is 1. The van der Waals surface area contributed by atoms with Gasteiger partial charge in [-0.05, 0) is 37.5 Å². The van der Waals surface area contributed by atoms with Crippen molar-refractivity contribution in [2.24, 2.45) is 23.7 Å². The fourth-order valence-electron chi connectivity index (χ4n) is 2.70. The second-order valence-electron chi connectivity index (χ2n) is 5.11. The minimum atomic E-state index is -0.822. The van der Waals surface area contributed by atoms with Crippen LogP contribution < -0.4 is 5.32 Å². The van der Waals surface area contributed by atoms with Crippen LogP contribution in [0.2, 0.25) is 0 Å². The van der Waals surface area contributed by atoms with Crippen molar-refractivity contribution in [2.45, 2.75) is 32.6 Å². The fraction of sp³-hybridized carbons (Fsp3) is 0.833. The standard InChI is InChI=1S/C12H19NO3/c1-2-7(12(15)16)6-13-11(14)10-4-8-3-9(8)5-10/h7-10H,2-6H2,1H3,(H,13,14)(H,15,16). The van der Waals surface area contributed by atoms with E-state index in [9.17, 15) is 9.59 Å². The third-order valence-electron chi connectivity index (χ3n) is 3.98. The summed E-state index contributed by atoms with van der Waals surface area (Å²) in [5.74, 6) is 0.522. The molecule has 2 aliphatic rings. The Kier molecular flexibility index (Phi) is 3.17. The first-order valence-electron chi connectivity index (χ1n) is 6.12. The van der Waals surface area contributed by atoms with Gasteiger partial charge in [0.05, 0.1) is 5.92 Å². The summed E-state index contributed by atoms with van der Waals surface area (Å²) in [5.41, 5.74) is 0. The number of rotatable bonds is 5. The SMILES string of the molecule is CCC(CNC(=O)C1CC2CC2C1)C(=O)O. The zero-order valence-corrected chi connectivity index (χ0v) is 9.61. The first-order chi connectivity index (χ1) is 7.61. The van der Waals surface area contributed by atoms with E-state index < -0.39 is 11.9 Å². The smallest absolute Gasteiger partial charge is 0.308 e. The Hall–Kier alpha value is -1.06. The van der Waals surface area contributed by atoms with Crippen molar-refractivity contribution in [2.75, 3.05) is 6.54 Å². The molecule has 1 amide bonds. The summed E-state index contributed by atoms with van der Waals surface area (Å²) >= 11 is 0. The van der Waals surface area contributed by atoms with Crippen LogP contribution in [0.25, 0.3) is 0 Å². The van der Waals surface area contributed by atoms with Gasteiger partial charge in [0.15, 0.2) is 0 Å². The number of fused-ring (bicyclic) bond motifs is 1. The molecule has 0 spiro atoms. The summed E-state index contributed by atoms with van der Waals surface area (Å²) in [6.07, 6.45) is 3.89. The Labute approximate surface area is 95.4 Å². The molecule has 0 aromatic heterocycles. The zero-order chi connectivity index (χ0) is 11.7. The molecule has 2 rings (SSSR count). The van der Waals surface area contributed by atoms with Crippen LogP contribution in [-0.2, 0) is 9.59 Å². The highest BCUT2D eigenvalue weighted by Gasteiger charge is 2.47. The molecule has 2 aliphatic carbocycles. The Balaban J connectivity index is 1.72. The number of hydrogen-bond donors (Lipinski definition) is 2. The summed E-state index contributed by atoms with van der Waals surface area (Å²) < 4.78 is 0. The predicted molar refractivity (Wildman–Crippen MR) is 58.7 cm³/mol. The monoisotopic (exact) mass is 225 g/mol. The van der Waals surface area contributed by atoms with Gasteiger partial charge in [0, 0.05) is 12.5 Å². The Morgan fingerprint density at radius 1 is 1.31 bits per heavy atom. The highest BCUT2D eigenvalue weighted by Crippen LogP contribution is 2.54. The van der Waals surface area contributed by atoms with Gasteiger partial charge < -0.3 is 10.4 Å². The van der Waals surface area contributed by atoms with Crippen LogP contribution in [0.1, 0.15) is 32.6 Å². The van der Waals surface area contributed by atoms with Gasteiger partial charge in [-0.25, -0.2) is 0 Å². The van der Waals surface area contributed by atoms with Crippen molar-refractivity contribution < 1.29 is 14.7 Å². The van der Waals surface area contributed by atoms with Crippen molar-refractivity contribution >= 4 is 11.9 Å². The van der Waals surface area contributed by atoms with Crippen molar-refractivity contribution in [3.8, 4) is 0 Å². The predicted octanol–water partition coefficient (Wildman–Crippen LogP) is 1.26. The topological polar surface area (TPSA) is 66.4 Å². The average Bonchev–Trinajstić information content (AvgIpc) is 2.86. The summed E-state index contributed by atoms with van der Waals surface area (Å²) in [7, 11) is 0. The van der Waals surface area contributed by atoms with Crippen LogP contribution in [0.3, 0.4) is 0 Å². The van der Waals surface area contributed by atoms with E-state index >= 15 is 0 Å². The number of aliphatic carboxylic acids is 1. The highest BCUT2D eigenvalue weighted by molar-refractivity contribution is 5.80. The summed E-state index contributed by atoms with van der Waals surface area (Å²) in [6.45, 7) is 2.10. The lowest BCUT2D eigenvalue weighted by Gasteiger charge is -2.15. The van der Waals surface area contributed by atoms with Gasteiger partial charge in [-0.2, -0.15) is 0 Å². The van der Waals surface area contributed by atoms with Gasteiger partial charge >= 0.3 is 5.97 Å². The molecule has 16 heavy (non-hydrogen) atoms. The second-order valence-corrected chi connectivity index (χ2v) is 5.11. The molecular weight excluding hydrogens is 206 g/mol. The van der Waals surface area contributed by atoms with Crippen molar-refractivity contribution in [3.63, 3.8) is 0 Å². The Bertz CT molecular complexity index is 293. The van der Waals surface area contributed by atoms with Gasteiger partial charge in [0.25, 0.3) is 0 Å². The largest absolute Gasteiger partial charge is 0.481 e. The van der Waals surface area contributed by atoms with Crippen LogP contribution in [-0.4, -0.2) is 23.5 Å². The van der Waals surface area contributed by atoms with Crippen molar-refractivity contribution in [1.29, 1.82) is 0 Å². The van der Waals surface area contributed by atoms with Gasteiger partial charge in [0.1, 0.15) is 0 Å². The van der Waals surface area contributed by atoms with Crippen LogP contribution in [0, 0.1) is 23.7 Å². The van der Waals surface area contributed by atoms with Crippen LogP contribution in [0.5, 0.6) is 0 Å². The van der Waals surface area contributed by atoms with Gasteiger partial charge in [0.2, 0.25) is 5.91 Å². The second kappa shape index (κ2) is 4.44. The number of nitrogens with one attached hydrogen (secondary N) is 1. The minimum absolute atomic E-state index is 0.0619. The average molecular weight is 225 g/mol. The number of hydrogen-bond acceptors (Lipinski definition) is 2. The quantitative estimate of drug-likeness (QED) is 0.740. The lowest BCUT2D eigenvalue weighted by atomic mass is 10.0. The van der Waals surface area contributed by atoms with Crippen molar-refractivity contribution in [3.05, 3.63) is 0 Å². The van der Waals surface area contributed by atoms with E-state index in [1.807, 2.05) is 6.92 Å². The molecule has 0 aromatic rings. The molecule has 90 valence electrons. The Morgan fingerprint density at radius 2 is 1.94 bits per heavy atom. The molecule has 0 radical (unpaired) electrons. The van der Waals surface area contributed by atoms with Gasteiger partial charge in [-0.15, -0.1) is 0 Å². The summed E-state index contributed by atoms with van der Waals surface area (Å²) in [4.78, 5) is 22.5. The molecule has 0 aliphatic heterocycles. The van der Waals surface area contributed by atoms with Crippen LogP contribution in [0.4, 0.5) is 0 Å². The molecule has 0 bridgehead atoms. The molecule has 3 atom stereocenters. The lowest BCUT2D eigenvalue weighted by Crippen LogP contribution is -2.36. The highest BCUT2D eigenvalue weighted by atomic mass is 16.4. The number of carboxylic acid groups (broad SMARTS) is 1. The van der Waals surface area contributed by atoms with E-state index in [0.717, 1.165) is 24.7 Å². The first-order valence-corrected chi connectivity index (χ1v) is 6.12. The maximum Gasteiger partial charge on any atom is 0.308 e. The lowest BCUT2D eigenvalue weighted by molar-refractivity contribution is -0.141. The maximum absolute atomic E-state index is 11.8. The van der Waals surface area contributed by atoms with E-state index in [-0.39, 0.29) is 18.4 Å². The number of carbonyl (C=O) groups is 2. The van der Waals surface area contributed by atoms with E-state index in [0.29, 0.717) is 6.42 Å². The molecular formula is C12H19NO3. The molecule has 2 saturated carbocycles. The molecule has 2 N–H and O–H groups in total. The summed E-state index contributed by atoms with van der Waals surface area (Å²) in [6, 6.07) is 0. The maximum atomic E-state index is 11.8. The minimum Gasteiger partial charge on any atom is -0.481 e. The third-order valence-corrected chi connectivity index (χ3v) is 3.98. The molecule has 0 saturated heterocycles. The molecule has 2 fully saturated rings. The first kappa shape index (κ1) is 11.4. The van der Waals surface area contributed by atoms with E-state index in [1.54, 1.807) is 0 Å². The third kappa shape index (κ3) is 2.36. The van der Waals surface area contributed by atoms with Crippen LogP contribution in [0.15, 0.2) is 0 Å². The Morgan fingerprint density at radius 3 is 2.44 bits per heavy atom. The number of amides is 1. The normalized spacial score (nSPS) is 32.9. The fourth-order valence-corrected chi connectivity index (χ4v) is 2.70. The van der Waals surface area contributed by atoms with E-state index in [1.165, 1.54) is 6.42 Å². The van der Waals surface area contributed by atoms with Gasteiger partial charge in [-0.1, -0.05) is 6.92 Å². The van der Waals surface area contributed by atoms with Gasteiger partial charge in [-0.3, -0.25) is 9.59 Å². The van der Waals surface area contributed by atoms with Crippen LogP contribution >= 0.6 is 0 Å². The zero-order valence-electron chi connectivity index (χ0n) is 9.61. The molecule has 4 nitrogen and oxygen atoms in total. The molecule has 0 heterocycles.